The van der Waals surface area contributed by atoms with Crippen molar-refractivity contribution in [2.24, 2.45) is 23.2 Å². The van der Waals surface area contributed by atoms with Gasteiger partial charge in [-0.1, -0.05) is 39.8 Å². The number of allylic oxidation sites excluding steroid dienone is 2. The third-order valence-electron chi connectivity index (χ3n) is 5.40. The van der Waals surface area contributed by atoms with Gasteiger partial charge < -0.3 is 4.74 Å². The Bertz CT molecular complexity index is 360. The van der Waals surface area contributed by atoms with Gasteiger partial charge in [0.15, 0.2) is 0 Å². The number of hydrogen-bond acceptors (Lipinski definition) is 2. The average molecular weight is 308 g/mol. The van der Waals surface area contributed by atoms with Crippen LogP contribution in [0, 0.1) is 23.2 Å². The van der Waals surface area contributed by atoms with Gasteiger partial charge in [0, 0.05) is 19.6 Å². The molecule has 22 heavy (non-hydrogen) atoms. The molecule has 1 aliphatic carbocycles. The Morgan fingerprint density at radius 1 is 1.18 bits per heavy atom. The van der Waals surface area contributed by atoms with E-state index >= 15 is 0 Å². The summed E-state index contributed by atoms with van der Waals surface area (Å²) in [5.41, 5.74) is 0.428. The van der Waals surface area contributed by atoms with E-state index in [2.05, 4.69) is 58.6 Å². The molecule has 0 spiro atoms. The highest BCUT2D eigenvalue weighted by Crippen LogP contribution is 2.41. The molecule has 0 bridgehead atoms. The Morgan fingerprint density at radius 2 is 1.82 bits per heavy atom. The van der Waals surface area contributed by atoms with Gasteiger partial charge in [0.1, 0.15) is 0 Å². The van der Waals surface area contributed by atoms with Crippen LogP contribution in [-0.4, -0.2) is 36.7 Å². The molecule has 0 aromatic rings. The summed E-state index contributed by atoms with van der Waals surface area (Å²) in [4.78, 5) is 2.61. The largest absolute Gasteiger partial charge is 0.373 e. The van der Waals surface area contributed by atoms with Gasteiger partial charge in [0.25, 0.3) is 0 Å². The van der Waals surface area contributed by atoms with Crippen LogP contribution in [0.3, 0.4) is 0 Å². The first-order valence-corrected chi connectivity index (χ1v) is 9.30. The maximum Gasteiger partial charge on any atom is 0.0678 e. The molecule has 0 aromatic heterocycles. The Kier molecular flexibility index (Phi) is 6.13. The van der Waals surface area contributed by atoms with Gasteiger partial charge in [0.05, 0.1) is 12.2 Å². The number of morpholine rings is 1. The molecule has 5 atom stereocenters. The fourth-order valence-corrected chi connectivity index (χ4v) is 4.63. The second kappa shape index (κ2) is 7.49. The predicted octanol–water partition coefficient (Wildman–Crippen LogP) is 4.75. The number of rotatable bonds is 4. The highest BCUT2D eigenvalue weighted by molar-refractivity contribution is 5.00. The van der Waals surface area contributed by atoms with E-state index in [1.165, 1.54) is 25.8 Å². The first-order valence-electron chi connectivity index (χ1n) is 9.30. The van der Waals surface area contributed by atoms with E-state index in [1.54, 1.807) is 0 Å². The molecule has 2 nitrogen and oxygen atoms in total. The van der Waals surface area contributed by atoms with Crippen LogP contribution in [0.1, 0.15) is 60.8 Å². The van der Waals surface area contributed by atoms with Crippen molar-refractivity contribution in [2.75, 3.05) is 19.6 Å². The molecule has 0 aromatic carbocycles. The molecule has 0 saturated carbocycles. The summed E-state index contributed by atoms with van der Waals surface area (Å²) in [7, 11) is 0. The van der Waals surface area contributed by atoms with Crippen molar-refractivity contribution < 1.29 is 4.74 Å². The van der Waals surface area contributed by atoms with Crippen LogP contribution in [0.5, 0.6) is 0 Å². The van der Waals surface area contributed by atoms with Crippen molar-refractivity contribution in [3.63, 3.8) is 0 Å². The molecule has 1 aliphatic heterocycles. The van der Waals surface area contributed by atoms with Crippen molar-refractivity contribution in [1.29, 1.82) is 0 Å². The van der Waals surface area contributed by atoms with Gasteiger partial charge in [-0.15, -0.1) is 0 Å². The molecule has 2 rings (SSSR count). The van der Waals surface area contributed by atoms with Gasteiger partial charge >= 0.3 is 0 Å². The average Bonchev–Trinajstić information content (AvgIpc) is 2.36. The zero-order chi connectivity index (χ0) is 16.3. The molecule has 2 aliphatic rings. The lowest BCUT2D eigenvalue weighted by molar-refractivity contribution is -0.0717. The molecule has 5 unspecified atom stereocenters. The molecule has 128 valence electrons. The van der Waals surface area contributed by atoms with E-state index in [1.807, 2.05) is 0 Å². The molecular weight excluding hydrogens is 270 g/mol. The summed E-state index contributed by atoms with van der Waals surface area (Å²) < 4.78 is 5.86. The van der Waals surface area contributed by atoms with Crippen LogP contribution >= 0.6 is 0 Å². The lowest BCUT2D eigenvalue weighted by Gasteiger charge is -2.40. The van der Waals surface area contributed by atoms with Gasteiger partial charge in [-0.05, 0) is 56.3 Å². The molecule has 0 amide bonds. The second-order valence-electron chi connectivity index (χ2n) is 8.96. The maximum atomic E-state index is 5.86. The smallest absolute Gasteiger partial charge is 0.0678 e. The molecular formula is C20H37NO. The normalized spacial score (nSPS) is 35.5. The first kappa shape index (κ1) is 18.0. The fourth-order valence-electron chi connectivity index (χ4n) is 4.63. The van der Waals surface area contributed by atoms with E-state index in [0.717, 1.165) is 30.8 Å². The maximum absolute atomic E-state index is 5.86. The van der Waals surface area contributed by atoms with Crippen molar-refractivity contribution in [3.8, 4) is 0 Å². The van der Waals surface area contributed by atoms with Gasteiger partial charge in [-0.2, -0.15) is 0 Å². The van der Waals surface area contributed by atoms with Crippen LogP contribution in [0.2, 0.25) is 0 Å². The summed E-state index contributed by atoms with van der Waals surface area (Å²) in [5, 5.41) is 0. The zero-order valence-corrected chi connectivity index (χ0v) is 15.6. The van der Waals surface area contributed by atoms with Crippen LogP contribution in [-0.2, 0) is 4.74 Å². The van der Waals surface area contributed by atoms with Crippen LogP contribution in [0.4, 0.5) is 0 Å². The number of ether oxygens (including phenoxy) is 1. The number of hydrogen-bond donors (Lipinski definition) is 0. The quantitative estimate of drug-likeness (QED) is 0.695. The van der Waals surface area contributed by atoms with Crippen LogP contribution in [0.25, 0.3) is 0 Å². The van der Waals surface area contributed by atoms with E-state index in [4.69, 9.17) is 4.74 Å². The molecule has 0 N–H and O–H groups in total. The summed E-state index contributed by atoms with van der Waals surface area (Å²) >= 11 is 0. The standard InChI is InChI=1S/C20H37NO/c1-15(12-21-13-16(2)22-17(3)14-21)11-18-9-7-8-10-19(18)20(4,5)6/h7,9,15-19H,8,10-14H2,1-6H3. The summed E-state index contributed by atoms with van der Waals surface area (Å²) in [6.07, 6.45) is 9.66. The lowest BCUT2D eigenvalue weighted by Crippen LogP contribution is -2.47. The summed E-state index contributed by atoms with van der Waals surface area (Å²) in [6, 6.07) is 0. The van der Waals surface area contributed by atoms with E-state index in [9.17, 15) is 0 Å². The van der Waals surface area contributed by atoms with E-state index < -0.39 is 0 Å². The molecule has 1 saturated heterocycles. The highest BCUT2D eigenvalue weighted by atomic mass is 16.5. The monoisotopic (exact) mass is 307 g/mol. The number of nitrogens with zero attached hydrogens (tertiary/aromatic N) is 1. The van der Waals surface area contributed by atoms with E-state index in [0.29, 0.717) is 17.6 Å². The summed E-state index contributed by atoms with van der Waals surface area (Å²) in [5.74, 6) is 2.36. The van der Waals surface area contributed by atoms with Gasteiger partial charge in [-0.3, -0.25) is 4.90 Å². The minimum Gasteiger partial charge on any atom is -0.373 e. The SMILES string of the molecule is CC(CC1C=CCCC1C(C)(C)C)CN1CC(C)OC(C)C1. The van der Waals surface area contributed by atoms with Crippen molar-refractivity contribution in [3.05, 3.63) is 12.2 Å². The second-order valence-corrected chi connectivity index (χ2v) is 8.96. The fraction of sp³-hybridized carbons (Fsp3) is 0.900. The Labute approximate surface area is 138 Å². The highest BCUT2D eigenvalue weighted by Gasteiger charge is 2.33. The predicted molar refractivity (Wildman–Crippen MR) is 95.0 cm³/mol. The van der Waals surface area contributed by atoms with E-state index in [-0.39, 0.29) is 0 Å². The van der Waals surface area contributed by atoms with Gasteiger partial charge in [-0.25, -0.2) is 0 Å². The molecule has 0 radical (unpaired) electrons. The molecule has 1 fully saturated rings. The third kappa shape index (κ3) is 5.09. The zero-order valence-electron chi connectivity index (χ0n) is 15.6. The Morgan fingerprint density at radius 3 is 2.41 bits per heavy atom. The van der Waals surface area contributed by atoms with Crippen molar-refractivity contribution in [2.45, 2.75) is 73.0 Å². The Hall–Kier alpha value is -0.340. The van der Waals surface area contributed by atoms with Gasteiger partial charge in [0.2, 0.25) is 0 Å². The van der Waals surface area contributed by atoms with Crippen LogP contribution in [0.15, 0.2) is 12.2 Å². The Balaban J connectivity index is 1.88. The first-order chi connectivity index (χ1) is 10.3. The minimum atomic E-state index is 0.382. The van der Waals surface area contributed by atoms with Crippen LogP contribution < -0.4 is 0 Å². The van der Waals surface area contributed by atoms with Crippen molar-refractivity contribution in [1.82, 2.24) is 4.90 Å². The minimum absolute atomic E-state index is 0.382. The molecule has 2 heteroatoms. The third-order valence-corrected chi connectivity index (χ3v) is 5.40. The molecule has 1 heterocycles. The topological polar surface area (TPSA) is 12.5 Å². The lowest BCUT2D eigenvalue weighted by atomic mass is 9.67. The van der Waals surface area contributed by atoms with Crippen molar-refractivity contribution >= 4 is 0 Å². The summed E-state index contributed by atoms with van der Waals surface area (Å²) in [6.45, 7) is 17.5.